The quantitative estimate of drug-likeness (QED) is 0.691. The summed E-state index contributed by atoms with van der Waals surface area (Å²) in [5.41, 5.74) is 0.676. The molecule has 0 aromatic carbocycles. The lowest BCUT2D eigenvalue weighted by Crippen LogP contribution is -2.53. The van der Waals surface area contributed by atoms with E-state index in [0.717, 1.165) is 17.9 Å². The summed E-state index contributed by atoms with van der Waals surface area (Å²) in [7, 11) is 0. The van der Waals surface area contributed by atoms with Gasteiger partial charge < -0.3 is 4.90 Å². The predicted octanol–water partition coefficient (Wildman–Crippen LogP) is 4.32. The van der Waals surface area contributed by atoms with Crippen molar-refractivity contribution >= 4 is 0 Å². The monoisotopic (exact) mass is 237 g/mol. The highest BCUT2D eigenvalue weighted by atomic mass is 15.2. The molecule has 1 heteroatoms. The molecule has 100 valence electrons. The predicted molar refractivity (Wildman–Crippen MR) is 75.2 cm³/mol. The van der Waals surface area contributed by atoms with Gasteiger partial charge in [0, 0.05) is 12.6 Å². The molecular weight excluding hydrogens is 206 g/mol. The van der Waals surface area contributed by atoms with E-state index in [0.29, 0.717) is 5.41 Å². The zero-order valence-electron chi connectivity index (χ0n) is 12.3. The van der Waals surface area contributed by atoms with Gasteiger partial charge in [-0.1, -0.05) is 33.1 Å². The van der Waals surface area contributed by atoms with Crippen molar-refractivity contribution in [3.05, 3.63) is 0 Å². The smallest absolute Gasteiger partial charge is 0.00434 e. The van der Waals surface area contributed by atoms with E-state index < -0.39 is 0 Å². The summed E-state index contributed by atoms with van der Waals surface area (Å²) in [6.45, 7) is 12.4. The molecule has 1 saturated heterocycles. The van der Waals surface area contributed by atoms with Crippen LogP contribution in [0.25, 0.3) is 0 Å². The standard InChI is InChI=1S/C16H31N/c1-13(2)15-8-11-17(14(3)4)12-16(15)9-6-5-7-10-16/h13-15H,5-12H2,1-4H3. The minimum atomic E-state index is 0.676. The molecule has 0 aromatic heterocycles. The van der Waals surface area contributed by atoms with Crippen LogP contribution in [0.4, 0.5) is 0 Å². The van der Waals surface area contributed by atoms with Gasteiger partial charge in [0.25, 0.3) is 0 Å². The first kappa shape index (κ1) is 13.4. The molecule has 1 heterocycles. The van der Waals surface area contributed by atoms with Crippen LogP contribution >= 0.6 is 0 Å². The minimum Gasteiger partial charge on any atom is -0.300 e. The SMILES string of the molecule is CC(C)C1CCN(C(C)C)CC12CCCCC2. The minimum absolute atomic E-state index is 0.676. The van der Waals surface area contributed by atoms with Gasteiger partial charge in [-0.25, -0.2) is 0 Å². The molecule has 0 radical (unpaired) electrons. The summed E-state index contributed by atoms with van der Waals surface area (Å²) >= 11 is 0. The lowest BCUT2D eigenvalue weighted by atomic mass is 9.59. The molecule has 0 bridgehead atoms. The Balaban J connectivity index is 2.14. The van der Waals surface area contributed by atoms with Gasteiger partial charge in [0.2, 0.25) is 0 Å². The average Bonchev–Trinajstić information content (AvgIpc) is 2.29. The molecule has 1 aliphatic carbocycles. The fraction of sp³-hybridized carbons (Fsp3) is 1.00. The molecule has 1 spiro atoms. The molecule has 1 aliphatic heterocycles. The Bertz CT molecular complexity index is 238. The number of hydrogen-bond donors (Lipinski definition) is 0. The Labute approximate surface area is 108 Å². The van der Waals surface area contributed by atoms with Crippen LogP contribution in [-0.2, 0) is 0 Å². The van der Waals surface area contributed by atoms with Crippen molar-refractivity contribution in [2.75, 3.05) is 13.1 Å². The number of hydrogen-bond acceptors (Lipinski definition) is 1. The maximum absolute atomic E-state index is 2.74. The lowest BCUT2D eigenvalue weighted by Gasteiger charge is -2.53. The van der Waals surface area contributed by atoms with E-state index in [1.54, 1.807) is 0 Å². The zero-order chi connectivity index (χ0) is 12.5. The largest absolute Gasteiger partial charge is 0.300 e. The van der Waals surface area contributed by atoms with E-state index >= 15 is 0 Å². The van der Waals surface area contributed by atoms with E-state index in [1.807, 2.05) is 0 Å². The second kappa shape index (κ2) is 5.30. The van der Waals surface area contributed by atoms with Gasteiger partial charge in [0.15, 0.2) is 0 Å². The first-order valence-corrected chi connectivity index (χ1v) is 7.79. The van der Waals surface area contributed by atoms with Gasteiger partial charge in [-0.05, 0) is 56.9 Å². The maximum Gasteiger partial charge on any atom is 0.00434 e. The van der Waals surface area contributed by atoms with Crippen LogP contribution in [0.3, 0.4) is 0 Å². The molecule has 0 N–H and O–H groups in total. The van der Waals surface area contributed by atoms with Crippen molar-refractivity contribution in [1.82, 2.24) is 4.90 Å². The van der Waals surface area contributed by atoms with Crippen LogP contribution in [0.15, 0.2) is 0 Å². The van der Waals surface area contributed by atoms with E-state index in [-0.39, 0.29) is 0 Å². The van der Waals surface area contributed by atoms with Crippen LogP contribution in [-0.4, -0.2) is 24.0 Å². The van der Waals surface area contributed by atoms with Gasteiger partial charge >= 0.3 is 0 Å². The molecule has 0 aromatic rings. The molecule has 17 heavy (non-hydrogen) atoms. The van der Waals surface area contributed by atoms with Crippen LogP contribution in [0, 0.1) is 17.3 Å². The third-order valence-electron chi connectivity index (χ3n) is 5.42. The molecule has 2 fully saturated rings. The van der Waals surface area contributed by atoms with Crippen LogP contribution < -0.4 is 0 Å². The molecule has 2 aliphatic rings. The molecule has 1 unspecified atom stereocenters. The molecule has 1 atom stereocenters. The molecule has 1 saturated carbocycles. The number of nitrogens with zero attached hydrogens (tertiary/aromatic N) is 1. The van der Waals surface area contributed by atoms with E-state index in [1.165, 1.54) is 51.6 Å². The summed E-state index contributed by atoms with van der Waals surface area (Å²) in [6.07, 6.45) is 8.88. The van der Waals surface area contributed by atoms with Crippen LogP contribution in [0.1, 0.15) is 66.2 Å². The fourth-order valence-corrected chi connectivity index (χ4v) is 4.48. The summed E-state index contributed by atoms with van der Waals surface area (Å²) in [5, 5.41) is 0. The van der Waals surface area contributed by atoms with Crippen molar-refractivity contribution in [2.24, 2.45) is 17.3 Å². The van der Waals surface area contributed by atoms with Crippen molar-refractivity contribution in [3.63, 3.8) is 0 Å². The van der Waals surface area contributed by atoms with E-state index in [9.17, 15) is 0 Å². The average molecular weight is 237 g/mol. The Kier molecular flexibility index (Phi) is 4.18. The first-order valence-electron chi connectivity index (χ1n) is 7.79. The van der Waals surface area contributed by atoms with Crippen molar-refractivity contribution in [3.8, 4) is 0 Å². The normalized spacial score (nSPS) is 30.4. The van der Waals surface area contributed by atoms with Crippen molar-refractivity contribution in [2.45, 2.75) is 72.3 Å². The number of rotatable bonds is 2. The Hall–Kier alpha value is -0.0400. The summed E-state index contributed by atoms with van der Waals surface area (Å²) in [6, 6.07) is 0.738. The highest BCUT2D eigenvalue weighted by molar-refractivity contribution is 4.96. The van der Waals surface area contributed by atoms with Gasteiger partial charge in [0.1, 0.15) is 0 Å². The molecule has 1 nitrogen and oxygen atoms in total. The maximum atomic E-state index is 2.74. The van der Waals surface area contributed by atoms with E-state index in [2.05, 4.69) is 32.6 Å². The third kappa shape index (κ3) is 2.70. The van der Waals surface area contributed by atoms with Crippen LogP contribution in [0.2, 0.25) is 0 Å². The Morgan fingerprint density at radius 2 is 1.65 bits per heavy atom. The van der Waals surface area contributed by atoms with Gasteiger partial charge in [-0.15, -0.1) is 0 Å². The number of likely N-dealkylation sites (tertiary alicyclic amines) is 1. The van der Waals surface area contributed by atoms with Crippen molar-refractivity contribution in [1.29, 1.82) is 0 Å². The Morgan fingerprint density at radius 3 is 2.18 bits per heavy atom. The van der Waals surface area contributed by atoms with Gasteiger partial charge in [-0.2, -0.15) is 0 Å². The second-order valence-corrected chi connectivity index (χ2v) is 7.13. The van der Waals surface area contributed by atoms with Gasteiger partial charge in [-0.3, -0.25) is 0 Å². The fourth-order valence-electron chi connectivity index (χ4n) is 4.48. The first-order chi connectivity index (χ1) is 8.05. The Morgan fingerprint density at radius 1 is 1.00 bits per heavy atom. The topological polar surface area (TPSA) is 3.24 Å². The summed E-state index contributed by atoms with van der Waals surface area (Å²) in [5.74, 6) is 1.86. The highest BCUT2D eigenvalue weighted by Gasteiger charge is 2.45. The summed E-state index contributed by atoms with van der Waals surface area (Å²) in [4.78, 5) is 2.74. The molecular formula is C16H31N. The molecule has 2 rings (SSSR count). The summed E-state index contributed by atoms with van der Waals surface area (Å²) < 4.78 is 0. The van der Waals surface area contributed by atoms with Gasteiger partial charge in [0.05, 0.1) is 0 Å². The third-order valence-corrected chi connectivity index (χ3v) is 5.42. The van der Waals surface area contributed by atoms with Crippen LogP contribution in [0.5, 0.6) is 0 Å². The van der Waals surface area contributed by atoms with Crippen molar-refractivity contribution < 1.29 is 0 Å². The second-order valence-electron chi connectivity index (χ2n) is 7.13. The zero-order valence-corrected chi connectivity index (χ0v) is 12.3. The molecule has 0 amide bonds. The highest BCUT2D eigenvalue weighted by Crippen LogP contribution is 2.50. The lowest BCUT2D eigenvalue weighted by molar-refractivity contribution is -0.0355. The van der Waals surface area contributed by atoms with E-state index in [4.69, 9.17) is 0 Å². The number of piperidine rings is 1.